The molecule has 0 atom stereocenters. The molecule has 0 radical (unpaired) electrons. The SMILES string of the molecule is CCCS(=O)(=O)N1CCC(N2C(=O)OCc3cccc(C)c32)CC1.Cc1cccc(Cl)c1S(=O)(=O)N1CCC(N2COCc3ccccc32)CC1. The molecule has 4 aliphatic heterocycles. The number of benzene rings is 3. The summed E-state index contributed by atoms with van der Waals surface area (Å²) in [6.45, 7) is 9.01. The van der Waals surface area contributed by atoms with Crippen molar-refractivity contribution in [3.8, 4) is 0 Å². The number of hydrogen-bond donors (Lipinski definition) is 0. The summed E-state index contributed by atoms with van der Waals surface area (Å²) in [5.74, 6) is 0.186. The molecule has 0 N–H and O–H groups in total. The number of ether oxygens (including phenoxy) is 2. The van der Waals surface area contributed by atoms with Gasteiger partial charge in [-0.25, -0.2) is 25.9 Å². The minimum absolute atomic E-state index is 0.0225. The van der Waals surface area contributed by atoms with Gasteiger partial charge in [0.25, 0.3) is 0 Å². The Bertz CT molecular complexity index is 1920. The Kier molecular flexibility index (Phi) is 11.6. The molecule has 14 heteroatoms. The number of aryl methyl sites for hydroxylation is 2. The number of hydrogen-bond acceptors (Lipinski definition) is 8. The van der Waals surface area contributed by atoms with Crippen LogP contribution in [0.25, 0.3) is 0 Å². The van der Waals surface area contributed by atoms with E-state index in [0.29, 0.717) is 70.9 Å². The van der Waals surface area contributed by atoms with Crippen LogP contribution in [-0.4, -0.2) is 82.3 Å². The van der Waals surface area contributed by atoms with Gasteiger partial charge in [0.1, 0.15) is 18.2 Å². The van der Waals surface area contributed by atoms with Crippen LogP contribution in [0.5, 0.6) is 0 Å². The minimum Gasteiger partial charge on any atom is -0.444 e. The third-order valence-corrected chi connectivity index (χ3v) is 14.8. The first kappa shape index (κ1) is 37.6. The maximum Gasteiger partial charge on any atom is 0.414 e. The fourth-order valence-electron chi connectivity index (χ4n) is 7.58. The van der Waals surface area contributed by atoms with Crippen molar-refractivity contribution in [1.29, 1.82) is 0 Å². The number of nitrogens with zero attached hydrogens (tertiary/aromatic N) is 4. The molecule has 4 aliphatic rings. The van der Waals surface area contributed by atoms with Crippen LogP contribution in [0.4, 0.5) is 16.2 Å². The third-order valence-electron chi connectivity index (χ3n) is 10.2. The molecule has 51 heavy (non-hydrogen) atoms. The number of carbonyl (C=O) groups is 1. The number of sulfonamides is 2. The lowest BCUT2D eigenvalue weighted by Crippen LogP contribution is -2.51. The van der Waals surface area contributed by atoms with E-state index in [-0.39, 0.29) is 33.8 Å². The van der Waals surface area contributed by atoms with Gasteiger partial charge in [0, 0.05) is 55.1 Å². The van der Waals surface area contributed by atoms with Crippen molar-refractivity contribution in [2.24, 2.45) is 0 Å². The first-order valence-corrected chi connectivity index (χ1v) is 21.0. The Hall–Kier alpha value is -3.20. The highest BCUT2D eigenvalue weighted by Crippen LogP contribution is 2.36. The lowest BCUT2D eigenvalue weighted by molar-refractivity contribution is 0.0988. The Morgan fingerprint density at radius 1 is 0.765 bits per heavy atom. The quantitative estimate of drug-likeness (QED) is 0.270. The summed E-state index contributed by atoms with van der Waals surface area (Å²) < 4.78 is 64.8. The van der Waals surface area contributed by atoms with E-state index >= 15 is 0 Å². The molecule has 11 nitrogen and oxygen atoms in total. The minimum atomic E-state index is -3.59. The largest absolute Gasteiger partial charge is 0.444 e. The fraction of sp³-hybridized carbons (Fsp3) is 0.486. The average molecular weight is 759 g/mol. The molecule has 2 fully saturated rings. The van der Waals surface area contributed by atoms with Crippen molar-refractivity contribution >= 4 is 49.1 Å². The molecule has 4 heterocycles. The number of fused-ring (bicyclic) bond motifs is 2. The molecule has 2 saturated heterocycles. The molecule has 0 unspecified atom stereocenters. The maximum atomic E-state index is 13.1. The first-order valence-electron chi connectivity index (χ1n) is 17.6. The molecular formula is C37H47ClN4O7S2. The van der Waals surface area contributed by atoms with Gasteiger partial charge in [-0.15, -0.1) is 0 Å². The van der Waals surface area contributed by atoms with Crippen molar-refractivity contribution in [2.45, 2.75) is 83.1 Å². The third kappa shape index (κ3) is 7.93. The van der Waals surface area contributed by atoms with Gasteiger partial charge in [0.15, 0.2) is 0 Å². The molecule has 3 aromatic rings. The Labute approximate surface area is 307 Å². The van der Waals surface area contributed by atoms with Crippen LogP contribution >= 0.6 is 11.6 Å². The summed E-state index contributed by atoms with van der Waals surface area (Å²) in [5.41, 5.74) is 6.06. The molecule has 0 saturated carbocycles. The molecule has 0 aromatic heterocycles. The van der Waals surface area contributed by atoms with E-state index in [1.54, 1.807) is 38.6 Å². The van der Waals surface area contributed by atoms with Crippen LogP contribution in [0.3, 0.4) is 0 Å². The molecule has 0 bridgehead atoms. The highest BCUT2D eigenvalue weighted by molar-refractivity contribution is 7.89. The van der Waals surface area contributed by atoms with E-state index in [2.05, 4.69) is 17.0 Å². The predicted octanol–water partition coefficient (Wildman–Crippen LogP) is 6.45. The van der Waals surface area contributed by atoms with Gasteiger partial charge in [0.05, 0.1) is 23.1 Å². The van der Waals surface area contributed by atoms with E-state index in [0.717, 1.165) is 29.7 Å². The van der Waals surface area contributed by atoms with Gasteiger partial charge >= 0.3 is 6.09 Å². The number of rotatable bonds is 7. The van der Waals surface area contributed by atoms with Crippen LogP contribution in [0.15, 0.2) is 65.6 Å². The average Bonchev–Trinajstić information content (AvgIpc) is 3.12. The van der Waals surface area contributed by atoms with Crippen LogP contribution in [0.1, 0.15) is 61.3 Å². The zero-order valence-corrected chi connectivity index (χ0v) is 31.9. The van der Waals surface area contributed by atoms with Crippen LogP contribution in [0, 0.1) is 13.8 Å². The number of carbonyl (C=O) groups excluding carboxylic acids is 1. The number of halogens is 1. The number of para-hydroxylation sites is 2. The number of anilines is 2. The van der Waals surface area contributed by atoms with Gasteiger partial charge in [-0.1, -0.05) is 67.1 Å². The topological polar surface area (TPSA) is 117 Å². The Balaban J connectivity index is 0.000000177. The van der Waals surface area contributed by atoms with Gasteiger partial charge in [-0.05, 0) is 69.2 Å². The van der Waals surface area contributed by atoms with Crippen molar-refractivity contribution in [3.63, 3.8) is 0 Å². The molecule has 0 aliphatic carbocycles. The van der Waals surface area contributed by atoms with Gasteiger partial charge in [-0.2, -0.15) is 4.31 Å². The summed E-state index contributed by atoms with van der Waals surface area (Å²) in [7, 11) is -6.76. The number of cyclic esters (lactones) is 1. The van der Waals surface area contributed by atoms with Crippen molar-refractivity contribution in [3.05, 3.63) is 87.9 Å². The highest BCUT2D eigenvalue weighted by Gasteiger charge is 2.38. The fourth-order valence-corrected chi connectivity index (χ4v) is 11.4. The van der Waals surface area contributed by atoms with Gasteiger partial charge in [0.2, 0.25) is 20.0 Å². The summed E-state index contributed by atoms with van der Waals surface area (Å²) in [5, 5.41) is 0.287. The van der Waals surface area contributed by atoms with E-state index in [4.69, 9.17) is 21.1 Å². The molecule has 3 aromatic carbocycles. The van der Waals surface area contributed by atoms with E-state index in [1.165, 1.54) is 11.3 Å². The second kappa shape index (κ2) is 15.8. The summed E-state index contributed by atoms with van der Waals surface area (Å²) in [6, 6.07) is 19.6. The van der Waals surface area contributed by atoms with E-state index < -0.39 is 20.0 Å². The second-order valence-corrected chi connectivity index (χ2v) is 17.9. The Morgan fingerprint density at radius 2 is 1.39 bits per heavy atom. The van der Waals surface area contributed by atoms with Crippen molar-refractivity contribution < 1.29 is 31.1 Å². The molecule has 1 amide bonds. The van der Waals surface area contributed by atoms with Gasteiger partial charge in [-0.3, -0.25) is 4.90 Å². The maximum absolute atomic E-state index is 13.1. The summed E-state index contributed by atoms with van der Waals surface area (Å²) in [6.07, 6.45) is 3.08. The van der Waals surface area contributed by atoms with Gasteiger partial charge < -0.3 is 14.4 Å². The second-order valence-electron chi connectivity index (χ2n) is 13.6. The molecule has 7 rings (SSSR count). The summed E-state index contributed by atoms with van der Waals surface area (Å²) >= 11 is 6.21. The highest BCUT2D eigenvalue weighted by atomic mass is 35.5. The molecule has 0 spiro atoms. The molecule has 276 valence electrons. The van der Waals surface area contributed by atoms with Crippen LogP contribution in [0.2, 0.25) is 5.02 Å². The monoisotopic (exact) mass is 758 g/mol. The zero-order valence-electron chi connectivity index (χ0n) is 29.5. The lowest BCUT2D eigenvalue weighted by Gasteiger charge is -2.41. The lowest BCUT2D eigenvalue weighted by atomic mass is 10.00. The smallest absolute Gasteiger partial charge is 0.414 e. The first-order chi connectivity index (χ1) is 24.4. The van der Waals surface area contributed by atoms with Crippen molar-refractivity contribution in [1.82, 2.24) is 8.61 Å². The summed E-state index contributed by atoms with van der Waals surface area (Å²) in [4.78, 5) is 16.6. The molecular weight excluding hydrogens is 712 g/mol. The Morgan fingerprint density at radius 3 is 2.10 bits per heavy atom. The van der Waals surface area contributed by atoms with E-state index in [1.807, 2.05) is 44.2 Å². The van der Waals surface area contributed by atoms with Crippen LogP contribution < -0.4 is 9.80 Å². The number of piperidine rings is 2. The predicted molar refractivity (Wildman–Crippen MR) is 199 cm³/mol. The van der Waals surface area contributed by atoms with Crippen molar-refractivity contribution in [2.75, 3.05) is 48.5 Å². The van der Waals surface area contributed by atoms with Crippen LogP contribution in [-0.2, 0) is 42.7 Å². The number of amides is 1. The zero-order chi connectivity index (χ0) is 36.3. The normalized spacial score (nSPS) is 19.5. The van der Waals surface area contributed by atoms with E-state index in [9.17, 15) is 21.6 Å². The standard InChI is InChI=1S/C20H23ClN2O3S.C17H24N2O4S/c1-15-5-4-7-18(21)20(15)27(24,25)22-11-9-17(10-12-22)23-14-26-13-16-6-2-3-8-19(16)23;1-3-11-24(21,22)18-9-7-15(8-10-18)19-16-13(2)5-4-6-14(16)12-23-17(19)20/h2-8,17H,9-14H2,1H3;4-6,15H,3,7-12H2,1-2H3.